The number of hydrogen-bond donors (Lipinski definition) is 1. The first kappa shape index (κ1) is 16.2. The van der Waals surface area contributed by atoms with Gasteiger partial charge in [-0.1, -0.05) is 12.1 Å². The third kappa shape index (κ3) is 4.35. The lowest BCUT2D eigenvalue weighted by Crippen LogP contribution is -1.95. The van der Waals surface area contributed by atoms with Crippen LogP contribution in [0.25, 0.3) is 0 Å². The van der Waals surface area contributed by atoms with Crippen molar-refractivity contribution in [3.63, 3.8) is 0 Å². The van der Waals surface area contributed by atoms with E-state index in [-0.39, 0.29) is 12.4 Å². The molecule has 0 saturated heterocycles. The van der Waals surface area contributed by atoms with Gasteiger partial charge in [0.15, 0.2) is 0 Å². The minimum absolute atomic E-state index is 0. The average molecular weight is 294 g/mol. The number of anilines is 1. The van der Waals surface area contributed by atoms with E-state index in [2.05, 4.69) is 12.1 Å². The van der Waals surface area contributed by atoms with Crippen LogP contribution in [0.1, 0.15) is 11.1 Å². The minimum Gasteiger partial charge on any atom is -0.497 e. The topological polar surface area (TPSA) is 44.5 Å². The lowest BCUT2D eigenvalue weighted by molar-refractivity contribution is 0.393. The summed E-state index contributed by atoms with van der Waals surface area (Å²) < 4.78 is 10.5. The first-order valence-corrected chi connectivity index (χ1v) is 6.27. The monoisotopic (exact) mass is 293 g/mol. The van der Waals surface area contributed by atoms with Gasteiger partial charge in [0.05, 0.1) is 14.2 Å². The molecule has 2 N–H and O–H groups in total. The van der Waals surface area contributed by atoms with Crippen LogP contribution in [0.5, 0.6) is 11.5 Å². The number of benzene rings is 2. The Kier molecular flexibility index (Phi) is 6.19. The quantitative estimate of drug-likeness (QED) is 0.858. The minimum atomic E-state index is 0. The van der Waals surface area contributed by atoms with Crippen molar-refractivity contribution < 1.29 is 9.47 Å². The van der Waals surface area contributed by atoms with E-state index in [4.69, 9.17) is 15.2 Å². The maximum absolute atomic E-state index is 5.68. The zero-order chi connectivity index (χ0) is 13.7. The Bertz CT molecular complexity index is 518. The summed E-state index contributed by atoms with van der Waals surface area (Å²) in [6.45, 7) is 0. The van der Waals surface area contributed by atoms with Crippen molar-refractivity contribution in [2.24, 2.45) is 0 Å². The van der Waals surface area contributed by atoms with Crippen LogP contribution in [0.3, 0.4) is 0 Å². The van der Waals surface area contributed by atoms with Crippen molar-refractivity contribution >= 4 is 18.1 Å². The van der Waals surface area contributed by atoms with E-state index in [9.17, 15) is 0 Å². The number of methoxy groups -OCH3 is 2. The van der Waals surface area contributed by atoms with Crippen molar-refractivity contribution in [1.82, 2.24) is 0 Å². The maximum atomic E-state index is 5.68. The van der Waals surface area contributed by atoms with Gasteiger partial charge in [-0.05, 0) is 48.2 Å². The van der Waals surface area contributed by atoms with E-state index in [0.29, 0.717) is 0 Å². The van der Waals surface area contributed by atoms with E-state index < -0.39 is 0 Å². The van der Waals surface area contributed by atoms with Gasteiger partial charge in [0.1, 0.15) is 11.5 Å². The molecule has 0 amide bonds. The molecule has 0 radical (unpaired) electrons. The van der Waals surface area contributed by atoms with Gasteiger partial charge >= 0.3 is 0 Å². The molecular formula is C16H20ClNO2. The SMILES string of the molecule is COc1cc(CCc2ccc(N)cc2)cc(OC)c1.Cl. The summed E-state index contributed by atoms with van der Waals surface area (Å²) >= 11 is 0. The molecule has 108 valence electrons. The summed E-state index contributed by atoms with van der Waals surface area (Å²) in [5.41, 5.74) is 8.95. The molecule has 0 aromatic heterocycles. The molecule has 0 atom stereocenters. The number of nitrogen functional groups attached to an aromatic ring is 1. The van der Waals surface area contributed by atoms with E-state index in [1.54, 1.807) is 14.2 Å². The summed E-state index contributed by atoms with van der Waals surface area (Å²) in [7, 11) is 3.33. The van der Waals surface area contributed by atoms with Crippen molar-refractivity contribution in [2.75, 3.05) is 20.0 Å². The molecular weight excluding hydrogens is 274 g/mol. The molecule has 2 aromatic rings. The van der Waals surface area contributed by atoms with Crippen LogP contribution in [0.4, 0.5) is 5.69 Å². The second-order valence-electron chi connectivity index (χ2n) is 4.46. The standard InChI is InChI=1S/C16H19NO2.ClH/c1-18-15-9-13(10-16(11-15)19-2)4-3-12-5-7-14(17)8-6-12;/h5-11H,3-4,17H2,1-2H3;1H. The van der Waals surface area contributed by atoms with Gasteiger partial charge in [-0.15, -0.1) is 12.4 Å². The van der Waals surface area contributed by atoms with Gasteiger partial charge < -0.3 is 15.2 Å². The van der Waals surface area contributed by atoms with Crippen LogP contribution in [-0.2, 0) is 12.8 Å². The first-order chi connectivity index (χ1) is 9.21. The molecule has 3 nitrogen and oxygen atoms in total. The summed E-state index contributed by atoms with van der Waals surface area (Å²) in [5, 5.41) is 0. The zero-order valence-corrected chi connectivity index (χ0v) is 12.6. The van der Waals surface area contributed by atoms with Gasteiger partial charge in [-0.3, -0.25) is 0 Å². The molecule has 2 rings (SSSR count). The van der Waals surface area contributed by atoms with Gasteiger partial charge in [0.25, 0.3) is 0 Å². The fourth-order valence-electron chi connectivity index (χ4n) is 1.98. The molecule has 0 spiro atoms. The Morgan fingerprint density at radius 2 is 1.30 bits per heavy atom. The second kappa shape index (κ2) is 7.65. The van der Waals surface area contributed by atoms with Crippen molar-refractivity contribution in [3.05, 3.63) is 53.6 Å². The molecule has 20 heavy (non-hydrogen) atoms. The van der Waals surface area contributed by atoms with Crippen LogP contribution >= 0.6 is 12.4 Å². The van der Waals surface area contributed by atoms with Crippen LogP contribution in [0, 0.1) is 0 Å². The van der Waals surface area contributed by atoms with Crippen molar-refractivity contribution in [1.29, 1.82) is 0 Å². The van der Waals surface area contributed by atoms with Crippen molar-refractivity contribution in [2.45, 2.75) is 12.8 Å². The summed E-state index contributed by atoms with van der Waals surface area (Å²) in [6, 6.07) is 14.0. The molecule has 0 saturated carbocycles. The van der Waals surface area contributed by atoms with Crippen molar-refractivity contribution in [3.8, 4) is 11.5 Å². The van der Waals surface area contributed by atoms with Gasteiger partial charge in [-0.2, -0.15) is 0 Å². The van der Waals surface area contributed by atoms with Gasteiger partial charge in [0, 0.05) is 11.8 Å². The smallest absolute Gasteiger partial charge is 0.122 e. The third-order valence-corrected chi connectivity index (χ3v) is 3.09. The van der Waals surface area contributed by atoms with Crippen LogP contribution in [0.2, 0.25) is 0 Å². The van der Waals surface area contributed by atoms with Crippen LogP contribution < -0.4 is 15.2 Å². The first-order valence-electron chi connectivity index (χ1n) is 6.27. The lowest BCUT2D eigenvalue weighted by Gasteiger charge is -2.08. The average Bonchev–Trinajstić information content (AvgIpc) is 2.46. The van der Waals surface area contributed by atoms with E-state index >= 15 is 0 Å². The number of aryl methyl sites for hydroxylation is 2. The fraction of sp³-hybridized carbons (Fsp3) is 0.250. The molecule has 0 unspecified atom stereocenters. The molecule has 0 heterocycles. The number of hydrogen-bond acceptors (Lipinski definition) is 3. The van der Waals surface area contributed by atoms with Crippen LogP contribution in [0.15, 0.2) is 42.5 Å². The Hall–Kier alpha value is -1.87. The highest BCUT2D eigenvalue weighted by molar-refractivity contribution is 5.85. The summed E-state index contributed by atoms with van der Waals surface area (Å²) in [5.74, 6) is 1.65. The molecule has 0 fully saturated rings. The Labute approximate surface area is 126 Å². The highest BCUT2D eigenvalue weighted by Crippen LogP contribution is 2.23. The molecule has 0 aliphatic rings. The predicted molar refractivity (Wildman–Crippen MR) is 85.1 cm³/mol. The van der Waals surface area contributed by atoms with Gasteiger partial charge in [0.2, 0.25) is 0 Å². The third-order valence-electron chi connectivity index (χ3n) is 3.09. The lowest BCUT2D eigenvalue weighted by atomic mass is 10.0. The number of halogens is 1. The Morgan fingerprint density at radius 1 is 0.800 bits per heavy atom. The summed E-state index contributed by atoms with van der Waals surface area (Å²) in [6.07, 6.45) is 1.91. The Morgan fingerprint density at radius 3 is 1.80 bits per heavy atom. The van der Waals surface area contributed by atoms with Crippen LogP contribution in [-0.4, -0.2) is 14.2 Å². The number of ether oxygens (including phenoxy) is 2. The maximum Gasteiger partial charge on any atom is 0.122 e. The van der Waals surface area contributed by atoms with E-state index in [0.717, 1.165) is 30.0 Å². The van der Waals surface area contributed by atoms with E-state index in [1.807, 2.05) is 30.3 Å². The highest BCUT2D eigenvalue weighted by Gasteiger charge is 2.02. The summed E-state index contributed by atoms with van der Waals surface area (Å²) in [4.78, 5) is 0. The number of rotatable bonds is 5. The largest absolute Gasteiger partial charge is 0.497 e. The number of nitrogens with two attached hydrogens (primary N) is 1. The molecule has 4 heteroatoms. The molecule has 0 aliphatic carbocycles. The zero-order valence-electron chi connectivity index (χ0n) is 11.8. The van der Waals surface area contributed by atoms with Gasteiger partial charge in [-0.25, -0.2) is 0 Å². The molecule has 0 bridgehead atoms. The predicted octanol–water partition coefficient (Wildman–Crippen LogP) is 3.49. The Balaban J connectivity index is 0.00000200. The molecule has 2 aromatic carbocycles. The normalized spacial score (nSPS) is 9.70. The fourth-order valence-corrected chi connectivity index (χ4v) is 1.98. The highest BCUT2D eigenvalue weighted by atomic mass is 35.5. The second-order valence-corrected chi connectivity index (χ2v) is 4.46. The molecule has 0 aliphatic heterocycles. The van der Waals surface area contributed by atoms with E-state index in [1.165, 1.54) is 11.1 Å².